The topological polar surface area (TPSA) is 32.3 Å². The molecular weight excluding hydrogens is 351 g/mol. The number of hydrogen-bond donors (Lipinski definition) is 1. The average Bonchev–Trinajstić information content (AvgIpc) is 2.40. The molecule has 6 heteroatoms. The maximum atomic E-state index is 12.2. The van der Waals surface area contributed by atoms with Crippen molar-refractivity contribution >= 4 is 50.7 Å². The lowest BCUT2D eigenvalue weighted by molar-refractivity contribution is -0.131. The molecule has 0 saturated carbocycles. The predicted octanol–water partition coefficient (Wildman–Crippen LogP) is 4.42. The molecule has 0 radical (unpaired) electrons. The standard InChI is InChI=1S/C13H17BrCl2N2O/c1-4-18(5-2)13(19)8(3)17-10-7-6-9(14)11(15)12(10)16/h6-8,17H,4-5H2,1-3H3. The van der Waals surface area contributed by atoms with E-state index in [1.54, 1.807) is 17.0 Å². The molecule has 0 fully saturated rings. The Kier molecular flexibility index (Phi) is 6.43. The minimum Gasteiger partial charge on any atom is -0.373 e. The molecule has 3 nitrogen and oxygen atoms in total. The highest BCUT2D eigenvalue weighted by atomic mass is 79.9. The normalized spacial score (nSPS) is 12.1. The maximum Gasteiger partial charge on any atom is 0.244 e. The first-order chi connectivity index (χ1) is 8.92. The number of amides is 1. The van der Waals surface area contributed by atoms with Gasteiger partial charge in [-0.05, 0) is 48.8 Å². The van der Waals surface area contributed by atoms with Crippen molar-refractivity contribution in [1.29, 1.82) is 0 Å². The summed E-state index contributed by atoms with van der Waals surface area (Å²) in [5.41, 5.74) is 0.655. The fourth-order valence-corrected chi connectivity index (χ4v) is 2.57. The summed E-state index contributed by atoms with van der Waals surface area (Å²) in [4.78, 5) is 13.9. The molecule has 1 aromatic carbocycles. The second kappa shape index (κ2) is 7.36. The Morgan fingerprint density at radius 1 is 1.32 bits per heavy atom. The number of anilines is 1. The van der Waals surface area contributed by atoms with E-state index in [0.29, 0.717) is 28.8 Å². The third-order valence-corrected chi connectivity index (χ3v) is 4.62. The minimum absolute atomic E-state index is 0.0418. The van der Waals surface area contributed by atoms with Gasteiger partial charge in [-0.15, -0.1) is 0 Å². The van der Waals surface area contributed by atoms with Crippen LogP contribution in [0.1, 0.15) is 20.8 Å². The summed E-state index contributed by atoms with van der Waals surface area (Å²) in [5.74, 6) is 0.0418. The Bertz CT molecular complexity index is 464. The Morgan fingerprint density at radius 3 is 2.42 bits per heavy atom. The van der Waals surface area contributed by atoms with Crippen LogP contribution in [-0.2, 0) is 4.79 Å². The number of benzene rings is 1. The first-order valence-electron chi connectivity index (χ1n) is 6.11. The van der Waals surface area contributed by atoms with Gasteiger partial charge in [-0.2, -0.15) is 0 Å². The molecule has 1 rings (SSSR count). The molecule has 19 heavy (non-hydrogen) atoms. The summed E-state index contributed by atoms with van der Waals surface area (Å²) in [6, 6.07) is 3.24. The molecule has 0 aliphatic rings. The number of carbonyl (C=O) groups is 1. The number of carbonyl (C=O) groups excluding carboxylic acids is 1. The third kappa shape index (κ3) is 4.01. The van der Waals surface area contributed by atoms with Crippen LogP contribution in [0, 0.1) is 0 Å². The largest absolute Gasteiger partial charge is 0.373 e. The van der Waals surface area contributed by atoms with Gasteiger partial charge in [0.1, 0.15) is 6.04 Å². The highest BCUT2D eigenvalue weighted by Crippen LogP contribution is 2.36. The van der Waals surface area contributed by atoms with Crippen LogP contribution < -0.4 is 5.32 Å². The molecule has 0 spiro atoms. The van der Waals surface area contributed by atoms with Crippen LogP contribution in [0.2, 0.25) is 10.0 Å². The average molecular weight is 368 g/mol. The molecule has 1 N–H and O–H groups in total. The molecule has 1 atom stereocenters. The number of halogens is 3. The number of rotatable bonds is 5. The molecule has 1 aromatic rings. The quantitative estimate of drug-likeness (QED) is 0.781. The van der Waals surface area contributed by atoms with E-state index in [4.69, 9.17) is 23.2 Å². The van der Waals surface area contributed by atoms with E-state index < -0.39 is 0 Å². The van der Waals surface area contributed by atoms with E-state index in [1.165, 1.54) is 0 Å². The zero-order chi connectivity index (χ0) is 14.6. The van der Waals surface area contributed by atoms with Gasteiger partial charge in [0.2, 0.25) is 5.91 Å². The van der Waals surface area contributed by atoms with Crippen LogP contribution in [0.5, 0.6) is 0 Å². The van der Waals surface area contributed by atoms with Gasteiger partial charge in [-0.3, -0.25) is 4.79 Å². The van der Waals surface area contributed by atoms with Crippen molar-refractivity contribution in [3.05, 3.63) is 26.7 Å². The molecule has 106 valence electrons. The van der Waals surface area contributed by atoms with E-state index in [2.05, 4.69) is 21.2 Å². The fourth-order valence-electron chi connectivity index (χ4n) is 1.74. The lowest BCUT2D eigenvalue weighted by Gasteiger charge is -2.24. The number of nitrogens with zero attached hydrogens (tertiary/aromatic N) is 1. The summed E-state index contributed by atoms with van der Waals surface area (Å²) >= 11 is 15.5. The van der Waals surface area contributed by atoms with Crippen LogP contribution in [0.15, 0.2) is 16.6 Å². The summed E-state index contributed by atoms with van der Waals surface area (Å²) in [6.45, 7) is 7.11. The van der Waals surface area contributed by atoms with Crippen molar-refractivity contribution in [3.8, 4) is 0 Å². The number of likely N-dealkylation sites (N-methyl/N-ethyl adjacent to an activating group) is 1. The van der Waals surface area contributed by atoms with E-state index in [1.807, 2.05) is 20.8 Å². The zero-order valence-electron chi connectivity index (χ0n) is 11.1. The van der Waals surface area contributed by atoms with Gasteiger partial charge in [0, 0.05) is 17.6 Å². The van der Waals surface area contributed by atoms with Crippen LogP contribution in [0.3, 0.4) is 0 Å². The fraction of sp³-hybridized carbons (Fsp3) is 0.462. The zero-order valence-corrected chi connectivity index (χ0v) is 14.2. The molecule has 1 unspecified atom stereocenters. The SMILES string of the molecule is CCN(CC)C(=O)C(C)Nc1ccc(Br)c(Cl)c1Cl. The number of hydrogen-bond acceptors (Lipinski definition) is 2. The van der Waals surface area contributed by atoms with E-state index in [-0.39, 0.29) is 11.9 Å². The van der Waals surface area contributed by atoms with Crippen molar-refractivity contribution in [2.45, 2.75) is 26.8 Å². The first kappa shape index (κ1) is 16.6. The van der Waals surface area contributed by atoms with Gasteiger partial charge < -0.3 is 10.2 Å². The van der Waals surface area contributed by atoms with Crippen molar-refractivity contribution in [3.63, 3.8) is 0 Å². The van der Waals surface area contributed by atoms with Crippen LogP contribution in [0.25, 0.3) is 0 Å². The summed E-state index contributed by atoms with van der Waals surface area (Å²) < 4.78 is 0.729. The van der Waals surface area contributed by atoms with Gasteiger partial charge in [-0.1, -0.05) is 23.2 Å². The van der Waals surface area contributed by atoms with E-state index in [0.717, 1.165) is 4.47 Å². The van der Waals surface area contributed by atoms with Crippen molar-refractivity contribution in [2.24, 2.45) is 0 Å². The van der Waals surface area contributed by atoms with Gasteiger partial charge >= 0.3 is 0 Å². The molecule has 0 aliphatic heterocycles. The van der Waals surface area contributed by atoms with Crippen LogP contribution in [0.4, 0.5) is 5.69 Å². The Labute approximate surface area is 132 Å². The second-order valence-corrected chi connectivity index (χ2v) is 5.71. The smallest absolute Gasteiger partial charge is 0.244 e. The van der Waals surface area contributed by atoms with Gasteiger partial charge in [-0.25, -0.2) is 0 Å². The van der Waals surface area contributed by atoms with Crippen molar-refractivity contribution in [1.82, 2.24) is 4.90 Å². The van der Waals surface area contributed by atoms with Crippen LogP contribution >= 0.6 is 39.1 Å². The maximum absolute atomic E-state index is 12.2. The van der Waals surface area contributed by atoms with Gasteiger partial charge in [0.25, 0.3) is 0 Å². The minimum atomic E-state index is -0.352. The lowest BCUT2D eigenvalue weighted by atomic mass is 10.2. The Morgan fingerprint density at radius 2 is 1.89 bits per heavy atom. The Balaban J connectivity index is 2.85. The highest BCUT2D eigenvalue weighted by molar-refractivity contribution is 9.10. The molecule has 0 aromatic heterocycles. The highest BCUT2D eigenvalue weighted by Gasteiger charge is 2.19. The monoisotopic (exact) mass is 366 g/mol. The predicted molar refractivity (Wildman–Crippen MR) is 85.2 cm³/mol. The summed E-state index contributed by atoms with van der Waals surface area (Å²) in [5, 5.41) is 3.95. The molecule has 0 heterocycles. The second-order valence-electron chi connectivity index (χ2n) is 4.10. The van der Waals surface area contributed by atoms with Crippen molar-refractivity contribution in [2.75, 3.05) is 18.4 Å². The van der Waals surface area contributed by atoms with E-state index in [9.17, 15) is 4.79 Å². The lowest BCUT2D eigenvalue weighted by Crippen LogP contribution is -2.41. The molecule has 1 amide bonds. The summed E-state index contributed by atoms with van der Waals surface area (Å²) in [7, 11) is 0. The molecule has 0 aliphatic carbocycles. The molecule has 0 bridgehead atoms. The third-order valence-electron chi connectivity index (χ3n) is 2.85. The summed E-state index contributed by atoms with van der Waals surface area (Å²) in [6.07, 6.45) is 0. The Hall–Kier alpha value is -0.450. The van der Waals surface area contributed by atoms with Gasteiger partial charge in [0.05, 0.1) is 15.7 Å². The molecular formula is C13H17BrCl2N2O. The van der Waals surface area contributed by atoms with Gasteiger partial charge in [0.15, 0.2) is 0 Å². The number of nitrogens with one attached hydrogen (secondary N) is 1. The molecule has 0 saturated heterocycles. The first-order valence-corrected chi connectivity index (χ1v) is 7.66. The van der Waals surface area contributed by atoms with E-state index >= 15 is 0 Å². The van der Waals surface area contributed by atoms with Crippen molar-refractivity contribution < 1.29 is 4.79 Å². The van der Waals surface area contributed by atoms with Crippen LogP contribution in [-0.4, -0.2) is 29.9 Å².